The number of hydrogen-bond donors (Lipinski definition) is 2. The van der Waals surface area contributed by atoms with Crippen molar-refractivity contribution in [3.8, 4) is 10.6 Å². The molecule has 0 fully saturated rings. The highest BCUT2D eigenvalue weighted by Crippen LogP contribution is 2.29. The SMILES string of the molecule is Cc1cc(C(=O)NCC(F)F)cc(Nc2ncc(-c3ccccn3)s2)n1. The average Bonchev–Trinajstić information content (AvgIpc) is 3.08. The van der Waals surface area contributed by atoms with E-state index in [1.165, 1.54) is 23.5 Å². The van der Waals surface area contributed by atoms with Crippen molar-refractivity contribution in [3.63, 3.8) is 0 Å². The van der Waals surface area contributed by atoms with Gasteiger partial charge in [-0.05, 0) is 31.2 Å². The molecular weight excluding hydrogens is 360 g/mol. The fourth-order valence-corrected chi connectivity index (χ4v) is 3.00. The quantitative estimate of drug-likeness (QED) is 0.688. The van der Waals surface area contributed by atoms with Crippen LogP contribution in [0, 0.1) is 6.92 Å². The zero-order valence-corrected chi connectivity index (χ0v) is 14.6. The number of thiazole rings is 1. The van der Waals surface area contributed by atoms with Crippen LogP contribution >= 0.6 is 11.3 Å². The van der Waals surface area contributed by atoms with Crippen LogP contribution < -0.4 is 10.6 Å². The van der Waals surface area contributed by atoms with E-state index in [-0.39, 0.29) is 5.56 Å². The fourth-order valence-electron chi connectivity index (χ4n) is 2.20. The summed E-state index contributed by atoms with van der Waals surface area (Å²) in [7, 11) is 0. The number of amides is 1. The molecule has 0 aromatic carbocycles. The molecule has 0 aliphatic carbocycles. The Morgan fingerprint density at radius 3 is 2.85 bits per heavy atom. The lowest BCUT2D eigenvalue weighted by molar-refractivity contribution is 0.0891. The van der Waals surface area contributed by atoms with Crippen LogP contribution in [0.4, 0.5) is 19.7 Å². The van der Waals surface area contributed by atoms with Crippen molar-refractivity contribution < 1.29 is 13.6 Å². The van der Waals surface area contributed by atoms with E-state index in [9.17, 15) is 13.6 Å². The van der Waals surface area contributed by atoms with E-state index in [2.05, 4.69) is 25.6 Å². The lowest BCUT2D eigenvalue weighted by Gasteiger charge is -2.08. The van der Waals surface area contributed by atoms with Crippen LogP contribution in [0.2, 0.25) is 0 Å². The minimum atomic E-state index is -2.60. The number of nitrogens with zero attached hydrogens (tertiary/aromatic N) is 3. The second-order valence-corrected chi connectivity index (χ2v) is 6.38. The Labute approximate surface area is 152 Å². The zero-order valence-electron chi connectivity index (χ0n) is 13.7. The molecule has 3 heterocycles. The van der Waals surface area contributed by atoms with Gasteiger partial charge in [0.1, 0.15) is 5.82 Å². The van der Waals surface area contributed by atoms with Gasteiger partial charge in [-0.15, -0.1) is 0 Å². The van der Waals surface area contributed by atoms with Crippen LogP contribution in [0.5, 0.6) is 0 Å². The summed E-state index contributed by atoms with van der Waals surface area (Å²) in [6.07, 6.45) is 0.801. The lowest BCUT2D eigenvalue weighted by atomic mass is 10.2. The molecular formula is C17H15F2N5OS. The van der Waals surface area contributed by atoms with Crippen LogP contribution in [-0.2, 0) is 0 Å². The van der Waals surface area contributed by atoms with Gasteiger partial charge in [0, 0.05) is 23.7 Å². The van der Waals surface area contributed by atoms with Crippen molar-refractivity contribution in [3.05, 3.63) is 54.0 Å². The number of carbonyl (C=O) groups is 1. The Kier molecular flexibility index (Phi) is 5.47. The Balaban J connectivity index is 1.76. The van der Waals surface area contributed by atoms with E-state index in [0.717, 1.165) is 10.6 Å². The van der Waals surface area contributed by atoms with Crippen LogP contribution in [0.1, 0.15) is 16.1 Å². The molecule has 0 bridgehead atoms. The van der Waals surface area contributed by atoms with E-state index in [1.54, 1.807) is 19.3 Å². The molecule has 0 aliphatic rings. The predicted octanol–water partition coefficient (Wildman–Crippen LogP) is 3.65. The summed E-state index contributed by atoms with van der Waals surface area (Å²) in [6.45, 7) is 1.03. The summed E-state index contributed by atoms with van der Waals surface area (Å²) in [6, 6.07) is 8.64. The molecule has 6 nitrogen and oxygen atoms in total. The first-order valence-corrected chi connectivity index (χ1v) is 8.52. The molecule has 26 heavy (non-hydrogen) atoms. The third kappa shape index (κ3) is 4.57. The van der Waals surface area contributed by atoms with Crippen molar-refractivity contribution in [1.29, 1.82) is 0 Å². The number of nitrogens with one attached hydrogen (secondary N) is 2. The van der Waals surface area contributed by atoms with E-state index >= 15 is 0 Å². The minimum absolute atomic E-state index is 0.252. The van der Waals surface area contributed by atoms with Gasteiger partial charge in [0.25, 0.3) is 12.3 Å². The molecule has 0 aliphatic heterocycles. The summed E-state index contributed by atoms with van der Waals surface area (Å²) >= 11 is 1.39. The van der Waals surface area contributed by atoms with Gasteiger partial charge in [0.15, 0.2) is 5.13 Å². The second-order valence-electron chi connectivity index (χ2n) is 5.35. The first-order chi connectivity index (χ1) is 12.5. The molecule has 0 radical (unpaired) electrons. The number of hydrogen-bond acceptors (Lipinski definition) is 6. The minimum Gasteiger partial charge on any atom is -0.346 e. The molecule has 3 aromatic rings. The van der Waals surface area contributed by atoms with Crippen molar-refractivity contribution in [2.24, 2.45) is 0 Å². The molecule has 0 atom stereocenters. The van der Waals surface area contributed by atoms with Crippen molar-refractivity contribution in [2.45, 2.75) is 13.3 Å². The number of pyridine rings is 2. The predicted molar refractivity (Wildman–Crippen MR) is 95.9 cm³/mol. The Bertz CT molecular complexity index is 901. The van der Waals surface area contributed by atoms with Gasteiger partial charge in [0.2, 0.25) is 0 Å². The first kappa shape index (κ1) is 17.9. The monoisotopic (exact) mass is 375 g/mol. The summed E-state index contributed by atoms with van der Waals surface area (Å²) in [4.78, 5) is 25.7. The summed E-state index contributed by atoms with van der Waals surface area (Å²) in [5.74, 6) is -0.165. The highest BCUT2D eigenvalue weighted by atomic mass is 32.1. The highest BCUT2D eigenvalue weighted by Gasteiger charge is 2.12. The average molecular weight is 375 g/mol. The van der Waals surface area contributed by atoms with Crippen molar-refractivity contribution >= 4 is 28.2 Å². The van der Waals surface area contributed by atoms with Gasteiger partial charge in [0.05, 0.1) is 17.1 Å². The van der Waals surface area contributed by atoms with Crippen LogP contribution in [0.25, 0.3) is 10.6 Å². The molecule has 9 heteroatoms. The zero-order chi connectivity index (χ0) is 18.5. The number of aromatic nitrogens is 3. The van der Waals surface area contributed by atoms with E-state index < -0.39 is 18.9 Å². The van der Waals surface area contributed by atoms with Crippen LogP contribution in [-0.4, -0.2) is 33.8 Å². The van der Waals surface area contributed by atoms with Gasteiger partial charge in [-0.2, -0.15) is 0 Å². The lowest BCUT2D eigenvalue weighted by Crippen LogP contribution is -2.28. The number of anilines is 2. The van der Waals surface area contributed by atoms with Crippen LogP contribution in [0.3, 0.4) is 0 Å². The highest BCUT2D eigenvalue weighted by molar-refractivity contribution is 7.18. The standard InChI is InChI=1S/C17H15F2N5OS/c1-10-6-11(16(25)21-9-14(18)19)7-15(23-10)24-17-22-8-13(26-17)12-4-2-3-5-20-12/h2-8,14H,9H2,1H3,(H,21,25)(H,22,23,24). The van der Waals surface area contributed by atoms with Crippen molar-refractivity contribution in [2.75, 3.05) is 11.9 Å². The Morgan fingerprint density at radius 2 is 2.12 bits per heavy atom. The van der Waals surface area contributed by atoms with Gasteiger partial charge >= 0.3 is 0 Å². The maximum atomic E-state index is 12.2. The normalized spacial score (nSPS) is 10.8. The van der Waals surface area contributed by atoms with Gasteiger partial charge in [-0.3, -0.25) is 9.78 Å². The largest absolute Gasteiger partial charge is 0.346 e. The van der Waals surface area contributed by atoms with Gasteiger partial charge in [-0.25, -0.2) is 18.7 Å². The van der Waals surface area contributed by atoms with E-state index in [4.69, 9.17) is 0 Å². The molecule has 2 N–H and O–H groups in total. The summed E-state index contributed by atoms with van der Waals surface area (Å²) < 4.78 is 24.5. The van der Waals surface area contributed by atoms with Gasteiger partial charge in [-0.1, -0.05) is 17.4 Å². The maximum Gasteiger partial charge on any atom is 0.255 e. The molecule has 1 amide bonds. The number of halogens is 2. The van der Waals surface area contributed by atoms with E-state index in [1.807, 2.05) is 18.2 Å². The molecule has 3 aromatic heterocycles. The first-order valence-electron chi connectivity index (χ1n) is 7.70. The van der Waals surface area contributed by atoms with Crippen molar-refractivity contribution in [1.82, 2.24) is 20.3 Å². The number of carbonyl (C=O) groups excluding carboxylic acids is 1. The Hall–Kier alpha value is -2.94. The summed E-state index contributed by atoms with van der Waals surface area (Å²) in [5.41, 5.74) is 1.64. The number of alkyl halides is 2. The Morgan fingerprint density at radius 1 is 1.27 bits per heavy atom. The fraction of sp³-hybridized carbons (Fsp3) is 0.176. The number of aryl methyl sites for hydroxylation is 1. The molecule has 3 rings (SSSR count). The third-order valence-electron chi connectivity index (χ3n) is 3.29. The molecule has 0 unspecified atom stereocenters. The van der Waals surface area contributed by atoms with E-state index in [0.29, 0.717) is 16.6 Å². The summed E-state index contributed by atoms with van der Waals surface area (Å²) in [5, 5.41) is 5.80. The molecule has 0 spiro atoms. The molecule has 134 valence electrons. The second kappa shape index (κ2) is 7.96. The molecule has 0 saturated heterocycles. The number of rotatable bonds is 6. The van der Waals surface area contributed by atoms with Gasteiger partial charge < -0.3 is 10.6 Å². The van der Waals surface area contributed by atoms with Crippen LogP contribution in [0.15, 0.2) is 42.7 Å². The smallest absolute Gasteiger partial charge is 0.255 e. The third-order valence-corrected chi connectivity index (χ3v) is 4.23. The molecule has 0 saturated carbocycles. The maximum absolute atomic E-state index is 12.2. The topological polar surface area (TPSA) is 79.8 Å².